The van der Waals surface area contributed by atoms with Crippen molar-refractivity contribution in [1.82, 2.24) is 5.32 Å². The second kappa shape index (κ2) is 5.06. The van der Waals surface area contributed by atoms with E-state index in [2.05, 4.69) is 5.32 Å². The summed E-state index contributed by atoms with van der Waals surface area (Å²) in [6.45, 7) is 0.369. The number of rotatable bonds is 4. The van der Waals surface area contributed by atoms with Gasteiger partial charge in [-0.3, -0.25) is 10.1 Å². The summed E-state index contributed by atoms with van der Waals surface area (Å²) in [5.74, 6) is 0. The third kappa shape index (κ3) is 2.89. The molecule has 2 N–H and O–H groups in total. The molecule has 0 radical (unpaired) electrons. The van der Waals surface area contributed by atoms with Crippen molar-refractivity contribution < 1.29 is 10.0 Å². The van der Waals surface area contributed by atoms with E-state index < -0.39 is 11.0 Å². The average Bonchev–Trinajstić information content (AvgIpc) is 2.17. The van der Waals surface area contributed by atoms with E-state index in [4.69, 9.17) is 11.6 Å². The van der Waals surface area contributed by atoms with Gasteiger partial charge in [-0.05, 0) is 24.7 Å². The molecule has 0 saturated heterocycles. The molecule has 1 aromatic carbocycles. The predicted molar refractivity (Wildman–Crippen MR) is 57.0 cm³/mol. The van der Waals surface area contributed by atoms with E-state index >= 15 is 0 Å². The van der Waals surface area contributed by atoms with Crippen LogP contribution in [0.25, 0.3) is 0 Å². The number of aliphatic hydroxyl groups excluding tert-OH is 1. The van der Waals surface area contributed by atoms with E-state index in [1.165, 1.54) is 18.2 Å². The van der Waals surface area contributed by atoms with Crippen molar-refractivity contribution in [3.05, 3.63) is 38.9 Å². The largest absolute Gasteiger partial charge is 0.387 e. The number of benzene rings is 1. The second-order valence-electron chi connectivity index (χ2n) is 3.04. The number of halogens is 1. The third-order valence-corrected chi connectivity index (χ3v) is 2.25. The number of nitrogens with one attached hydrogen (secondary N) is 1. The van der Waals surface area contributed by atoms with Gasteiger partial charge >= 0.3 is 0 Å². The van der Waals surface area contributed by atoms with Crippen molar-refractivity contribution in [2.45, 2.75) is 6.10 Å². The molecule has 82 valence electrons. The molecule has 0 saturated carbocycles. The average molecular weight is 231 g/mol. The number of nitrogens with zero attached hydrogens (tertiary/aromatic N) is 1. The van der Waals surface area contributed by atoms with Crippen molar-refractivity contribution in [1.29, 1.82) is 0 Å². The summed E-state index contributed by atoms with van der Waals surface area (Å²) in [6.07, 6.45) is -0.715. The minimum atomic E-state index is -0.715. The molecule has 0 heterocycles. The van der Waals surface area contributed by atoms with Gasteiger partial charge in [-0.15, -0.1) is 0 Å². The Kier molecular flexibility index (Phi) is 4.02. The van der Waals surface area contributed by atoms with Gasteiger partial charge in [-0.25, -0.2) is 0 Å². The summed E-state index contributed by atoms with van der Waals surface area (Å²) >= 11 is 5.70. The van der Waals surface area contributed by atoms with Gasteiger partial charge in [0.05, 0.1) is 11.0 Å². The van der Waals surface area contributed by atoms with E-state index in [0.717, 1.165) is 0 Å². The van der Waals surface area contributed by atoms with Crippen molar-refractivity contribution >= 4 is 17.3 Å². The summed E-state index contributed by atoms with van der Waals surface area (Å²) < 4.78 is 0. The van der Waals surface area contributed by atoms with Crippen molar-refractivity contribution in [2.75, 3.05) is 13.6 Å². The van der Waals surface area contributed by atoms with E-state index in [9.17, 15) is 15.2 Å². The van der Waals surface area contributed by atoms with Crippen molar-refractivity contribution in [2.24, 2.45) is 0 Å². The first-order chi connectivity index (χ1) is 7.06. The number of nitro benzene ring substituents is 1. The summed E-state index contributed by atoms with van der Waals surface area (Å²) in [5.41, 5.74) is 0.400. The molecule has 5 nitrogen and oxygen atoms in total. The Morgan fingerprint density at radius 1 is 1.67 bits per heavy atom. The molecule has 0 bridgehead atoms. The maximum absolute atomic E-state index is 10.5. The Bertz CT molecular complexity index is 370. The highest BCUT2D eigenvalue weighted by atomic mass is 35.5. The van der Waals surface area contributed by atoms with Crippen LogP contribution in [0.1, 0.15) is 11.7 Å². The highest BCUT2D eigenvalue weighted by Gasteiger charge is 2.14. The van der Waals surface area contributed by atoms with Crippen molar-refractivity contribution in [3.8, 4) is 0 Å². The van der Waals surface area contributed by atoms with Gasteiger partial charge in [-0.2, -0.15) is 0 Å². The molecular weight excluding hydrogens is 220 g/mol. The van der Waals surface area contributed by atoms with Gasteiger partial charge in [0, 0.05) is 12.6 Å². The Labute approximate surface area is 91.8 Å². The molecular formula is C9H11ClN2O3. The minimum absolute atomic E-state index is 0.0349. The summed E-state index contributed by atoms with van der Waals surface area (Å²) in [5, 5.41) is 22.9. The van der Waals surface area contributed by atoms with Crippen LogP contribution in [0.15, 0.2) is 18.2 Å². The molecule has 1 atom stereocenters. The molecule has 0 aliphatic carbocycles. The minimum Gasteiger partial charge on any atom is -0.387 e. The molecule has 0 amide bonds. The lowest BCUT2D eigenvalue weighted by molar-refractivity contribution is -0.384. The lowest BCUT2D eigenvalue weighted by Gasteiger charge is -2.10. The van der Waals surface area contributed by atoms with Crippen LogP contribution in [0.5, 0.6) is 0 Å². The van der Waals surface area contributed by atoms with Gasteiger partial charge in [0.1, 0.15) is 5.02 Å². The molecule has 1 aromatic rings. The zero-order valence-electron chi connectivity index (χ0n) is 8.11. The summed E-state index contributed by atoms with van der Waals surface area (Å²) in [7, 11) is 1.70. The number of hydrogen-bond donors (Lipinski definition) is 2. The Hall–Kier alpha value is -1.17. The number of likely N-dealkylation sites (N-methyl/N-ethyl adjacent to an activating group) is 1. The van der Waals surface area contributed by atoms with E-state index in [1.54, 1.807) is 7.05 Å². The SMILES string of the molecule is CNCC(O)c1ccc([N+](=O)[O-])c(Cl)c1. The highest BCUT2D eigenvalue weighted by Crippen LogP contribution is 2.27. The van der Waals surface area contributed by atoms with E-state index in [1.807, 2.05) is 0 Å². The molecule has 0 aliphatic heterocycles. The van der Waals surface area contributed by atoms with Crippen LogP contribution in [0, 0.1) is 10.1 Å². The van der Waals surface area contributed by atoms with Crippen LogP contribution >= 0.6 is 11.6 Å². The Balaban J connectivity index is 2.96. The fraction of sp³-hybridized carbons (Fsp3) is 0.333. The standard InChI is InChI=1S/C9H11ClN2O3/c1-11-5-9(13)6-2-3-8(12(14)15)7(10)4-6/h2-4,9,11,13H,5H2,1H3. The van der Waals surface area contributed by atoms with Gasteiger partial charge in [0.2, 0.25) is 0 Å². The monoisotopic (exact) mass is 230 g/mol. The van der Waals surface area contributed by atoms with Crippen LogP contribution in [0.4, 0.5) is 5.69 Å². The van der Waals surface area contributed by atoms with Gasteiger partial charge < -0.3 is 10.4 Å². The molecule has 1 rings (SSSR count). The predicted octanol–water partition coefficient (Wildman–Crippen LogP) is 1.50. The normalized spacial score (nSPS) is 12.5. The van der Waals surface area contributed by atoms with Crippen LogP contribution in [-0.2, 0) is 0 Å². The molecule has 15 heavy (non-hydrogen) atoms. The number of aliphatic hydroxyl groups is 1. The second-order valence-corrected chi connectivity index (χ2v) is 3.45. The molecule has 0 fully saturated rings. The smallest absolute Gasteiger partial charge is 0.287 e. The number of hydrogen-bond acceptors (Lipinski definition) is 4. The zero-order valence-corrected chi connectivity index (χ0v) is 8.86. The maximum atomic E-state index is 10.5. The van der Waals surface area contributed by atoms with Gasteiger partial charge in [-0.1, -0.05) is 11.6 Å². The van der Waals surface area contributed by atoms with Gasteiger partial charge in [0.15, 0.2) is 0 Å². The first kappa shape index (κ1) is 11.9. The van der Waals surface area contributed by atoms with Crippen LogP contribution in [-0.4, -0.2) is 23.6 Å². The lowest BCUT2D eigenvalue weighted by atomic mass is 10.1. The highest BCUT2D eigenvalue weighted by molar-refractivity contribution is 6.32. The Morgan fingerprint density at radius 3 is 2.80 bits per heavy atom. The third-order valence-electron chi connectivity index (χ3n) is 1.95. The quantitative estimate of drug-likeness (QED) is 0.607. The number of nitro groups is 1. The topological polar surface area (TPSA) is 75.4 Å². The lowest BCUT2D eigenvalue weighted by Crippen LogP contribution is -2.16. The van der Waals surface area contributed by atoms with Crippen LogP contribution < -0.4 is 5.32 Å². The first-order valence-corrected chi connectivity index (χ1v) is 4.70. The van der Waals surface area contributed by atoms with E-state index in [-0.39, 0.29) is 10.7 Å². The first-order valence-electron chi connectivity index (χ1n) is 4.32. The molecule has 6 heteroatoms. The molecule has 0 aliphatic rings. The molecule has 0 aromatic heterocycles. The van der Waals surface area contributed by atoms with Gasteiger partial charge in [0.25, 0.3) is 5.69 Å². The fourth-order valence-electron chi connectivity index (χ4n) is 1.19. The fourth-order valence-corrected chi connectivity index (χ4v) is 1.45. The van der Waals surface area contributed by atoms with Crippen molar-refractivity contribution in [3.63, 3.8) is 0 Å². The summed E-state index contributed by atoms with van der Waals surface area (Å²) in [4.78, 5) is 9.92. The molecule has 1 unspecified atom stereocenters. The van der Waals surface area contributed by atoms with Crippen LogP contribution in [0.2, 0.25) is 5.02 Å². The molecule has 0 spiro atoms. The van der Waals surface area contributed by atoms with Crippen LogP contribution in [0.3, 0.4) is 0 Å². The zero-order chi connectivity index (χ0) is 11.4. The maximum Gasteiger partial charge on any atom is 0.287 e. The summed E-state index contributed by atoms with van der Waals surface area (Å²) in [6, 6.07) is 4.18. The Morgan fingerprint density at radius 2 is 2.33 bits per heavy atom. The van der Waals surface area contributed by atoms with E-state index in [0.29, 0.717) is 12.1 Å².